The van der Waals surface area contributed by atoms with E-state index in [9.17, 15) is 0 Å². The summed E-state index contributed by atoms with van der Waals surface area (Å²) >= 11 is 0. The number of nitrogens with zero attached hydrogens (tertiary/aromatic N) is 1. The maximum Gasteiger partial charge on any atom is 0.0896 e. The number of benzene rings is 1. The Balaban J connectivity index is 2.10. The Bertz CT molecular complexity index is 406. The summed E-state index contributed by atoms with van der Waals surface area (Å²) < 4.78 is 6.03. The minimum atomic E-state index is 0.243. The van der Waals surface area contributed by atoms with Crippen molar-refractivity contribution in [2.75, 3.05) is 33.3 Å². The van der Waals surface area contributed by atoms with Crippen LogP contribution in [0.25, 0.3) is 0 Å². The van der Waals surface area contributed by atoms with Crippen LogP contribution in [0.5, 0.6) is 0 Å². The highest BCUT2D eigenvalue weighted by molar-refractivity contribution is 5.27. The quantitative estimate of drug-likeness (QED) is 0.864. The fourth-order valence-corrected chi connectivity index (χ4v) is 3.03. The Morgan fingerprint density at radius 1 is 1.40 bits per heavy atom. The fourth-order valence-electron chi connectivity index (χ4n) is 3.03. The van der Waals surface area contributed by atoms with Gasteiger partial charge in [0.25, 0.3) is 0 Å². The minimum Gasteiger partial charge on any atom is -0.374 e. The first-order chi connectivity index (χ1) is 9.78. The smallest absolute Gasteiger partial charge is 0.0896 e. The van der Waals surface area contributed by atoms with E-state index in [1.165, 1.54) is 24.1 Å². The van der Waals surface area contributed by atoms with E-state index in [1.807, 2.05) is 7.05 Å². The Kier molecular flexibility index (Phi) is 6.02. The van der Waals surface area contributed by atoms with Gasteiger partial charge >= 0.3 is 0 Å². The predicted octanol–water partition coefficient (Wildman–Crippen LogP) is 2.62. The molecule has 0 aromatic heterocycles. The zero-order chi connectivity index (χ0) is 14.4. The standard InChI is InChI=1S/C17H28N2O/c1-4-9-19-10-11-20-16(13-19)17(18-3)15-8-6-7-14(5-2)12-15/h6-8,12,16-18H,4-5,9-11,13H2,1-3H3. The number of likely N-dealkylation sites (N-methyl/N-ethyl adjacent to an activating group) is 1. The van der Waals surface area contributed by atoms with Gasteiger partial charge in [-0.1, -0.05) is 38.1 Å². The van der Waals surface area contributed by atoms with E-state index in [0.717, 1.165) is 26.1 Å². The van der Waals surface area contributed by atoms with Crippen molar-refractivity contribution in [2.24, 2.45) is 0 Å². The summed E-state index contributed by atoms with van der Waals surface area (Å²) in [6.07, 6.45) is 2.53. The van der Waals surface area contributed by atoms with Crippen LogP contribution in [0, 0.1) is 0 Å². The molecule has 1 fully saturated rings. The van der Waals surface area contributed by atoms with Crippen LogP contribution < -0.4 is 5.32 Å². The van der Waals surface area contributed by atoms with Crippen LogP contribution in [0.3, 0.4) is 0 Å². The van der Waals surface area contributed by atoms with Gasteiger partial charge in [0.15, 0.2) is 0 Å². The number of nitrogens with one attached hydrogen (secondary N) is 1. The first-order valence-corrected chi connectivity index (χ1v) is 7.88. The number of hydrogen-bond donors (Lipinski definition) is 1. The molecular formula is C17H28N2O. The second kappa shape index (κ2) is 7.77. The molecule has 112 valence electrons. The van der Waals surface area contributed by atoms with Gasteiger partial charge in [0.05, 0.1) is 18.8 Å². The average molecular weight is 276 g/mol. The lowest BCUT2D eigenvalue weighted by Crippen LogP contribution is -2.47. The van der Waals surface area contributed by atoms with Crippen molar-refractivity contribution >= 4 is 0 Å². The molecule has 0 bridgehead atoms. The third kappa shape index (κ3) is 3.81. The number of morpholine rings is 1. The number of aryl methyl sites for hydroxylation is 1. The molecule has 0 saturated carbocycles. The van der Waals surface area contributed by atoms with Crippen LogP contribution in [-0.2, 0) is 11.2 Å². The van der Waals surface area contributed by atoms with E-state index in [4.69, 9.17) is 4.74 Å². The largest absolute Gasteiger partial charge is 0.374 e. The maximum absolute atomic E-state index is 6.03. The third-order valence-electron chi connectivity index (χ3n) is 4.12. The third-order valence-corrected chi connectivity index (χ3v) is 4.12. The highest BCUT2D eigenvalue weighted by Crippen LogP contribution is 2.23. The van der Waals surface area contributed by atoms with Gasteiger partial charge in [-0.3, -0.25) is 4.90 Å². The van der Waals surface area contributed by atoms with Crippen molar-refractivity contribution in [1.82, 2.24) is 10.2 Å². The lowest BCUT2D eigenvalue weighted by molar-refractivity contribution is -0.0459. The molecule has 0 amide bonds. The van der Waals surface area contributed by atoms with Gasteiger partial charge in [-0.15, -0.1) is 0 Å². The molecule has 1 N–H and O–H groups in total. The average Bonchev–Trinajstić information content (AvgIpc) is 2.49. The molecule has 20 heavy (non-hydrogen) atoms. The second-order valence-corrected chi connectivity index (χ2v) is 5.57. The highest BCUT2D eigenvalue weighted by Gasteiger charge is 2.28. The van der Waals surface area contributed by atoms with E-state index < -0.39 is 0 Å². The van der Waals surface area contributed by atoms with Crippen molar-refractivity contribution in [3.63, 3.8) is 0 Å². The van der Waals surface area contributed by atoms with Crippen LogP contribution in [0.1, 0.15) is 37.4 Å². The number of ether oxygens (including phenoxy) is 1. The molecule has 1 aromatic rings. The Morgan fingerprint density at radius 2 is 2.25 bits per heavy atom. The monoisotopic (exact) mass is 276 g/mol. The second-order valence-electron chi connectivity index (χ2n) is 5.57. The molecule has 0 radical (unpaired) electrons. The molecule has 1 saturated heterocycles. The van der Waals surface area contributed by atoms with Crippen LogP contribution in [0.15, 0.2) is 24.3 Å². The predicted molar refractivity (Wildman–Crippen MR) is 84.1 cm³/mol. The van der Waals surface area contributed by atoms with Gasteiger partial charge < -0.3 is 10.1 Å². The lowest BCUT2D eigenvalue weighted by atomic mass is 9.97. The van der Waals surface area contributed by atoms with Gasteiger partial charge in [0.1, 0.15) is 0 Å². The summed E-state index contributed by atoms with van der Waals surface area (Å²) in [5.74, 6) is 0. The van der Waals surface area contributed by atoms with Gasteiger partial charge in [0.2, 0.25) is 0 Å². The molecule has 1 aliphatic rings. The molecule has 3 heteroatoms. The number of rotatable bonds is 6. The van der Waals surface area contributed by atoms with E-state index in [-0.39, 0.29) is 12.1 Å². The molecule has 2 rings (SSSR count). The molecule has 3 nitrogen and oxygen atoms in total. The summed E-state index contributed by atoms with van der Waals surface area (Å²) in [5.41, 5.74) is 2.74. The van der Waals surface area contributed by atoms with Crippen molar-refractivity contribution in [3.8, 4) is 0 Å². The summed E-state index contributed by atoms with van der Waals surface area (Å²) in [7, 11) is 2.03. The summed E-state index contributed by atoms with van der Waals surface area (Å²) in [6, 6.07) is 9.15. The van der Waals surface area contributed by atoms with Crippen molar-refractivity contribution in [1.29, 1.82) is 0 Å². The fraction of sp³-hybridized carbons (Fsp3) is 0.647. The van der Waals surface area contributed by atoms with Crippen molar-refractivity contribution in [2.45, 2.75) is 38.8 Å². The molecule has 2 atom stereocenters. The normalized spacial score (nSPS) is 21.9. The summed E-state index contributed by atoms with van der Waals surface area (Å²) in [4.78, 5) is 2.52. The van der Waals surface area contributed by atoms with Crippen molar-refractivity contribution in [3.05, 3.63) is 35.4 Å². The molecule has 1 aromatic carbocycles. The summed E-state index contributed by atoms with van der Waals surface area (Å²) in [6.45, 7) is 8.55. The van der Waals surface area contributed by atoms with E-state index in [0.29, 0.717) is 0 Å². The Hall–Kier alpha value is -0.900. The first kappa shape index (κ1) is 15.5. The van der Waals surface area contributed by atoms with Gasteiger partial charge in [-0.25, -0.2) is 0 Å². The van der Waals surface area contributed by atoms with E-state index in [1.54, 1.807) is 0 Å². The topological polar surface area (TPSA) is 24.5 Å². The first-order valence-electron chi connectivity index (χ1n) is 7.88. The molecule has 0 spiro atoms. The van der Waals surface area contributed by atoms with Gasteiger partial charge in [0, 0.05) is 13.1 Å². The van der Waals surface area contributed by atoms with Crippen LogP contribution in [0.2, 0.25) is 0 Å². The molecule has 1 aliphatic heterocycles. The van der Waals surface area contributed by atoms with E-state index in [2.05, 4.69) is 48.3 Å². The molecular weight excluding hydrogens is 248 g/mol. The van der Waals surface area contributed by atoms with Crippen LogP contribution in [0.4, 0.5) is 0 Å². The molecule has 2 unspecified atom stereocenters. The highest BCUT2D eigenvalue weighted by atomic mass is 16.5. The Morgan fingerprint density at radius 3 is 2.95 bits per heavy atom. The lowest BCUT2D eigenvalue weighted by Gasteiger charge is -2.37. The summed E-state index contributed by atoms with van der Waals surface area (Å²) in [5, 5.41) is 3.45. The molecule has 0 aliphatic carbocycles. The molecule has 1 heterocycles. The SMILES string of the molecule is CCCN1CCOC(C(NC)c2cccc(CC)c2)C1. The van der Waals surface area contributed by atoms with Gasteiger partial charge in [-0.2, -0.15) is 0 Å². The number of hydrogen-bond acceptors (Lipinski definition) is 3. The zero-order valence-electron chi connectivity index (χ0n) is 13.1. The van der Waals surface area contributed by atoms with Gasteiger partial charge in [-0.05, 0) is 37.6 Å². The maximum atomic E-state index is 6.03. The van der Waals surface area contributed by atoms with E-state index >= 15 is 0 Å². The Labute approximate surface area is 123 Å². The van der Waals surface area contributed by atoms with Crippen molar-refractivity contribution < 1.29 is 4.74 Å². The zero-order valence-corrected chi connectivity index (χ0v) is 13.1. The van der Waals surface area contributed by atoms with Crippen LogP contribution >= 0.6 is 0 Å². The minimum absolute atomic E-state index is 0.243. The van der Waals surface area contributed by atoms with Crippen LogP contribution in [-0.4, -0.2) is 44.3 Å².